The van der Waals surface area contributed by atoms with Crippen LogP contribution in [-0.2, 0) is 12.6 Å². The summed E-state index contributed by atoms with van der Waals surface area (Å²) in [7, 11) is 1.87. The van der Waals surface area contributed by atoms with Gasteiger partial charge >= 0.3 is 6.18 Å². The third kappa shape index (κ3) is 9.53. The molecule has 3 N–H and O–H groups in total. The topological polar surface area (TPSA) is 53.5 Å². The summed E-state index contributed by atoms with van der Waals surface area (Å²) in [5, 5.41) is 16.4. The van der Waals surface area contributed by atoms with Gasteiger partial charge in [0, 0.05) is 19.1 Å². The fourth-order valence-corrected chi connectivity index (χ4v) is 2.77. The number of likely N-dealkylation sites (N-methyl/N-ethyl adjacent to an activating group) is 1. The number of alkyl halides is 3. The van der Waals surface area contributed by atoms with Crippen molar-refractivity contribution in [3.63, 3.8) is 0 Å². The van der Waals surface area contributed by atoms with Crippen LogP contribution < -0.4 is 15.4 Å². The van der Waals surface area contributed by atoms with Crippen LogP contribution in [0.5, 0.6) is 5.75 Å². The highest BCUT2D eigenvalue weighted by Crippen LogP contribution is 2.30. The maximum Gasteiger partial charge on any atom is 0.416 e. The second-order valence-corrected chi connectivity index (χ2v) is 6.75. The summed E-state index contributed by atoms with van der Waals surface area (Å²) in [6.45, 7) is 3.52. The van der Waals surface area contributed by atoms with Crippen molar-refractivity contribution in [1.82, 2.24) is 10.6 Å². The van der Waals surface area contributed by atoms with Gasteiger partial charge in [-0.1, -0.05) is 24.3 Å². The van der Waals surface area contributed by atoms with Crippen LogP contribution in [0.15, 0.2) is 48.5 Å². The number of rotatable bonds is 10. The Morgan fingerprint density at radius 1 is 1.07 bits per heavy atom. The molecular weight excluding hydrogens is 440 g/mol. The Bertz CT molecular complexity index is 731. The Morgan fingerprint density at radius 2 is 1.73 bits per heavy atom. The van der Waals surface area contributed by atoms with Crippen LogP contribution in [0.2, 0.25) is 0 Å². The minimum atomic E-state index is -4.42. The summed E-state index contributed by atoms with van der Waals surface area (Å²) in [6, 6.07) is 12.6. The van der Waals surface area contributed by atoms with E-state index in [0.29, 0.717) is 6.61 Å². The molecule has 2 unspecified atom stereocenters. The van der Waals surface area contributed by atoms with Crippen molar-refractivity contribution in [3.8, 4) is 5.75 Å². The molecule has 2 aromatic carbocycles. The van der Waals surface area contributed by atoms with Gasteiger partial charge in [0.15, 0.2) is 0 Å². The fourth-order valence-electron chi connectivity index (χ4n) is 2.77. The average molecular weight is 469 g/mol. The van der Waals surface area contributed by atoms with Crippen LogP contribution in [0.3, 0.4) is 0 Å². The molecule has 2 atom stereocenters. The van der Waals surface area contributed by atoms with E-state index in [0.717, 1.165) is 36.4 Å². The first-order valence-electron chi connectivity index (χ1n) is 9.24. The van der Waals surface area contributed by atoms with Crippen molar-refractivity contribution in [2.75, 3.05) is 26.7 Å². The normalized spacial score (nSPS) is 13.0. The number of ether oxygens (including phenoxy) is 1. The molecule has 2 aromatic rings. The quantitative estimate of drug-likeness (QED) is 0.452. The third-order valence-corrected chi connectivity index (χ3v) is 4.34. The predicted molar refractivity (Wildman–Crippen MR) is 118 cm³/mol. The predicted octanol–water partition coefficient (Wildman–Crippen LogP) is 4.40. The molecule has 0 aromatic heterocycles. The average Bonchev–Trinajstić information content (AvgIpc) is 2.67. The van der Waals surface area contributed by atoms with Gasteiger partial charge in [-0.25, -0.2) is 0 Å². The Kier molecular flexibility index (Phi) is 13.0. The zero-order valence-corrected chi connectivity index (χ0v) is 18.5. The molecule has 2 rings (SSSR count). The lowest BCUT2D eigenvalue weighted by atomic mass is 10.0. The fraction of sp³-hybridized carbons (Fsp3) is 0.429. The molecule has 0 fully saturated rings. The first-order valence-corrected chi connectivity index (χ1v) is 9.24. The largest absolute Gasteiger partial charge is 0.492 e. The minimum absolute atomic E-state index is 0. The van der Waals surface area contributed by atoms with Gasteiger partial charge in [0.25, 0.3) is 0 Å². The smallest absolute Gasteiger partial charge is 0.416 e. The second kappa shape index (κ2) is 13.7. The van der Waals surface area contributed by atoms with E-state index in [4.69, 9.17) is 4.74 Å². The molecule has 0 aliphatic rings. The first kappa shape index (κ1) is 28.5. The van der Waals surface area contributed by atoms with Crippen LogP contribution in [0, 0.1) is 0 Å². The standard InChI is InChI=1S/C21H27F3N2O2.2ClH/c1-15(12-16-6-8-19(9-7-16)28-11-10-25-2)26-14-20(27)17-4-3-5-18(13-17)21(22,23)24;;/h3-9,13,15,20,25-27H,10-12,14H2,1-2H3;2*1H. The molecule has 0 aliphatic carbocycles. The highest BCUT2D eigenvalue weighted by atomic mass is 35.5. The third-order valence-electron chi connectivity index (χ3n) is 4.34. The molecule has 0 spiro atoms. The van der Waals surface area contributed by atoms with E-state index in [-0.39, 0.29) is 43.0 Å². The van der Waals surface area contributed by atoms with Crippen LogP contribution in [0.4, 0.5) is 13.2 Å². The molecule has 0 aliphatic heterocycles. The first-order chi connectivity index (χ1) is 13.3. The Balaban J connectivity index is 0.00000420. The van der Waals surface area contributed by atoms with Gasteiger partial charge in [-0.05, 0) is 55.8 Å². The molecule has 0 bridgehead atoms. The maximum absolute atomic E-state index is 12.8. The lowest BCUT2D eigenvalue weighted by Crippen LogP contribution is -2.32. The van der Waals surface area contributed by atoms with Crippen molar-refractivity contribution >= 4 is 24.8 Å². The van der Waals surface area contributed by atoms with Gasteiger partial charge in [-0.2, -0.15) is 13.2 Å². The molecule has 9 heteroatoms. The van der Waals surface area contributed by atoms with Gasteiger partial charge in [-0.15, -0.1) is 24.8 Å². The van der Waals surface area contributed by atoms with Crippen molar-refractivity contribution < 1.29 is 23.0 Å². The van der Waals surface area contributed by atoms with Gasteiger partial charge in [0.05, 0.1) is 11.7 Å². The Labute approximate surface area is 188 Å². The SMILES string of the molecule is CNCCOc1ccc(CC(C)NCC(O)c2cccc(C(F)(F)F)c2)cc1.Cl.Cl. The molecular formula is C21H29Cl2F3N2O2. The summed E-state index contributed by atoms with van der Waals surface area (Å²) < 4.78 is 44.0. The van der Waals surface area contributed by atoms with Crippen molar-refractivity contribution in [2.24, 2.45) is 0 Å². The highest BCUT2D eigenvalue weighted by Gasteiger charge is 2.30. The summed E-state index contributed by atoms with van der Waals surface area (Å²) in [5.41, 5.74) is 0.598. The van der Waals surface area contributed by atoms with Gasteiger partial charge in [-0.3, -0.25) is 0 Å². The van der Waals surface area contributed by atoms with E-state index >= 15 is 0 Å². The van der Waals surface area contributed by atoms with Crippen LogP contribution in [0.1, 0.15) is 29.7 Å². The van der Waals surface area contributed by atoms with E-state index in [1.807, 2.05) is 38.2 Å². The van der Waals surface area contributed by atoms with Gasteiger partial charge < -0.3 is 20.5 Å². The molecule has 0 saturated heterocycles. The van der Waals surface area contributed by atoms with Crippen LogP contribution >= 0.6 is 24.8 Å². The van der Waals surface area contributed by atoms with Crippen molar-refractivity contribution in [3.05, 3.63) is 65.2 Å². The Morgan fingerprint density at radius 3 is 2.33 bits per heavy atom. The number of nitrogens with one attached hydrogen (secondary N) is 2. The highest BCUT2D eigenvalue weighted by molar-refractivity contribution is 5.85. The number of halogens is 5. The van der Waals surface area contributed by atoms with Gasteiger partial charge in [0.1, 0.15) is 12.4 Å². The second-order valence-electron chi connectivity index (χ2n) is 6.75. The molecule has 0 saturated carbocycles. The summed E-state index contributed by atoms with van der Waals surface area (Å²) in [6.07, 6.45) is -4.70. The maximum atomic E-state index is 12.8. The van der Waals surface area contributed by atoms with Crippen LogP contribution in [-0.4, -0.2) is 37.9 Å². The van der Waals surface area contributed by atoms with Crippen molar-refractivity contribution in [1.29, 1.82) is 0 Å². The van der Waals surface area contributed by atoms with E-state index in [2.05, 4.69) is 10.6 Å². The lowest BCUT2D eigenvalue weighted by Gasteiger charge is -2.18. The lowest BCUT2D eigenvalue weighted by molar-refractivity contribution is -0.137. The number of benzene rings is 2. The zero-order valence-electron chi connectivity index (χ0n) is 16.9. The summed E-state index contributed by atoms with van der Waals surface area (Å²) >= 11 is 0. The molecule has 0 radical (unpaired) electrons. The number of hydrogen-bond acceptors (Lipinski definition) is 4. The Hall–Kier alpha value is -1.51. The van der Waals surface area contributed by atoms with E-state index in [9.17, 15) is 18.3 Å². The van der Waals surface area contributed by atoms with Crippen LogP contribution in [0.25, 0.3) is 0 Å². The molecule has 0 heterocycles. The van der Waals surface area contributed by atoms with E-state index in [1.165, 1.54) is 12.1 Å². The minimum Gasteiger partial charge on any atom is -0.492 e. The monoisotopic (exact) mass is 468 g/mol. The van der Waals surface area contributed by atoms with Gasteiger partial charge in [0.2, 0.25) is 0 Å². The molecule has 170 valence electrons. The van der Waals surface area contributed by atoms with E-state index in [1.54, 1.807) is 0 Å². The summed E-state index contributed by atoms with van der Waals surface area (Å²) in [4.78, 5) is 0. The molecule has 4 nitrogen and oxygen atoms in total. The number of aliphatic hydroxyl groups is 1. The number of hydrogen-bond donors (Lipinski definition) is 3. The molecule has 30 heavy (non-hydrogen) atoms. The van der Waals surface area contributed by atoms with Crippen molar-refractivity contribution in [2.45, 2.75) is 31.7 Å². The summed E-state index contributed by atoms with van der Waals surface area (Å²) in [5.74, 6) is 0.805. The zero-order chi connectivity index (χ0) is 20.6. The van der Waals surface area contributed by atoms with E-state index < -0.39 is 17.8 Å². The molecule has 0 amide bonds. The number of aliphatic hydroxyl groups excluding tert-OH is 1.